The van der Waals surface area contributed by atoms with Gasteiger partial charge in [-0.1, -0.05) is 26.3 Å². The average molecular weight is 376 g/mol. The summed E-state index contributed by atoms with van der Waals surface area (Å²) in [5.74, 6) is -0.856. The first kappa shape index (κ1) is 20.1. The van der Waals surface area contributed by atoms with Gasteiger partial charge in [-0.15, -0.1) is 0 Å². The van der Waals surface area contributed by atoms with Crippen molar-refractivity contribution < 1.29 is 24.5 Å². The van der Waals surface area contributed by atoms with Crippen LogP contribution in [0.25, 0.3) is 0 Å². The normalized spacial score (nSPS) is 40.2. The summed E-state index contributed by atoms with van der Waals surface area (Å²) in [5.41, 5.74) is 1.67. The van der Waals surface area contributed by atoms with Crippen LogP contribution in [0.2, 0.25) is 0 Å². The first-order valence-electron chi connectivity index (χ1n) is 9.96. The van der Waals surface area contributed by atoms with Gasteiger partial charge < -0.3 is 14.9 Å². The molecule has 150 valence electrons. The number of rotatable bonds is 1. The van der Waals surface area contributed by atoms with Crippen molar-refractivity contribution in [2.45, 2.75) is 78.9 Å². The molecule has 2 N–H and O–H groups in total. The van der Waals surface area contributed by atoms with Gasteiger partial charge in [-0.25, -0.2) is 0 Å². The van der Waals surface area contributed by atoms with E-state index in [1.54, 1.807) is 0 Å². The molecule has 0 spiro atoms. The molecular weight excluding hydrogens is 344 g/mol. The Bertz CT molecular complexity index is 716. The van der Waals surface area contributed by atoms with Gasteiger partial charge in [0.05, 0.1) is 12.4 Å². The zero-order valence-corrected chi connectivity index (χ0v) is 17.0. The molecule has 2 saturated carbocycles. The van der Waals surface area contributed by atoms with E-state index in [0.717, 1.165) is 35.8 Å². The third-order valence-electron chi connectivity index (χ3n) is 7.62. The van der Waals surface area contributed by atoms with Crippen LogP contribution in [0.1, 0.15) is 66.7 Å². The third kappa shape index (κ3) is 3.04. The summed E-state index contributed by atoms with van der Waals surface area (Å²) in [7, 11) is 0. The van der Waals surface area contributed by atoms with Gasteiger partial charge >= 0.3 is 5.97 Å². The fourth-order valence-corrected chi connectivity index (χ4v) is 6.00. The number of ether oxygens (including phenoxy) is 1. The van der Waals surface area contributed by atoms with Crippen LogP contribution in [0.15, 0.2) is 23.0 Å². The van der Waals surface area contributed by atoms with Crippen LogP contribution in [-0.2, 0) is 14.3 Å². The van der Waals surface area contributed by atoms with Gasteiger partial charge in [0.1, 0.15) is 6.10 Å². The summed E-state index contributed by atoms with van der Waals surface area (Å²) in [6.45, 7) is 9.47. The minimum Gasteiger partial charge on any atom is -0.516 e. The van der Waals surface area contributed by atoms with Gasteiger partial charge in [-0.05, 0) is 42.7 Å². The van der Waals surface area contributed by atoms with Crippen LogP contribution < -0.4 is 0 Å². The van der Waals surface area contributed by atoms with Gasteiger partial charge in [-0.2, -0.15) is 0 Å². The molecule has 0 aromatic heterocycles. The first-order chi connectivity index (χ1) is 12.5. The molecule has 0 heterocycles. The second kappa shape index (κ2) is 6.77. The van der Waals surface area contributed by atoms with Crippen LogP contribution in [0, 0.1) is 22.7 Å². The highest BCUT2D eigenvalue weighted by Gasteiger charge is 2.57. The van der Waals surface area contributed by atoms with E-state index in [-0.39, 0.29) is 29.0 Å². The number of carbonyl (C=O) groups is 2. The standard InChI is InChI=1S/C22H32O5/c1-12-15-10-18(27-13(2)24)22(5)8-6-7-14(11-23)19(22)20(26)16(9-17(12)25)21(15,3)4/h11,16,18-20,23,26H,6-10H2,1-5H3/b14-11+/t16-,18-,19-,20+,22-/m0/s1. The van der Waals surface area contributed by atoms with E-state index in [4.69, 9.17) is 4.74 Å². The lowest BCUT2D eigenvalue weighted by atomic mass is 9.50. The number of esters is 1. The molecule has 0 saturated heterocycles. The number of aliphatic hydroxyl groups excluding tert-OH is 2. The van der Waals surface area contributed by atoms with Crippen LogP contribution in [0.5, 0.6) is 0 Å². The summed E-state index contributed by atoms with van der Waals surface area (Å²) < 4.78 is 5.80. The van der Waals surface area contributed by atoms with Crippen molar-refractivity contribution in [2.24, 2.45) is 22.7 Å². The monoisotopic (exact) mass is 376 g/mol. The smallest absolute Gasteiger partial charge is 0.302 e. The molecule has 0 amide bonds. The van der Waals surface area contributed by atoms with Crippen molar-refractivity contribution in [3.05, 3.63) is 23.0 Å². The molecule has 27 heavy (non-hydrogen) atoms. The van der Waals surface area contributed by atoms with E-state index in [1.807, 2.05) is 6.92 Å². The van der Waals surface area contributed by atoms with Crippen molar-refractivity contribution in [2.75, 3.05) is 0 Å². The highest BCUT2D eigenvalue weighted by atomic mass is 16.5. The predicted molar refractivity (Wildman–Crippen MR) is 102 cm³/mol. The van der Waals surface area contributed by atoms with Crippen LogP contribution in [-0.4, -0.2) is 34.2 Å². The van der Waals surface area contributed by atoms with Gasteiger partial charge in [0.2, 0.25) is 0 Å². The fraction of sp³-hybridized carbons (Fsp3) is 0.727. The quantitative estimate of drug-likeness (QED) is 0.536. The largest absolute Gasteiger partial charge is 0.516 e. The Morgan fingerprint density at radius 2 is 1.93 bits per heavy atom. The zero-order valence-electron chi connectivity index (χ0n) is 17.0. The van der Waals surface area contributed by atoms with Crippen molar-refractivity contribution in [1.82, 2.24) is 0 Å². The molecule has 2 bridgehead atoms. The minimum atomic E-state index is -0.783. The van der Waals surface area contributed by atoms with Crippen molar-refractivity contribution in [1.29, 1.82) is 0 Å². The van der Waals surface area contributed by atoms with E-state index >= 15 is 0 Å². The van der Waals surface area contributed by atoms with Crippen molar-refractivity contribution >= 4 is 11.8 Å². The van der Waals surface area contributed by atoms with Gasteiger partial charge in [0.25, 0.3) is 0 Å². The van der Waals surface area contributed by atoms with Gasteiger partial charge in [0, 0.05) is 37.0 Å². The van der Waals surface area contributed by atoms with E-state index in [2.05, 4.69) is 20.8 Å². The maximum atomic E-state index is 12.7. The van der Waals surface area contributed by atoms with Gasteiger partial charge in [0.15, 0.2) is 5.78 Å². The molecule has 3 aliphatic rings. The Morgan fingerprint density at radius 1 is 1.26 bits per heavy atom. The van der Waals surface area contributed by atoms with E-state index in [1.165, 1.54) is 6.92 Å². The summed E-state index contributed by atoms with van der Waals surface area (Å²) >= 11 is 0. The third-order valence-corrected chi connectivity index (χ3v) is 7.62. The van der Waals surface area contributed by atoms with E-state index < -0.39 is 17.6 Å². The SMILES string of the molecule is CC(=O)O[C@H]1CC2=C(C)C(=O)C[C@@H]([C@@H](O)[C@@H]3/C(=C/O)CCC[C@@]13C)C2(C)C. The molecule has 5 nitrogen and oxygen atoms in total. The Labute approximate surface area is 161 Å². The number of carbonyl (C=O) groups excluding carboxylic acids is 2. The predicted octanol–water partition coefficient (Wildman–Crippen LogP) is 3.86. The number of Topliss-reactive ketones (excluding diaryl/α,β-unsaturated/α-hetero) is 1. The maximum absolute atomic E-state index is 12.7. The van der Waals surface area contributed by atoms with E-state index in [9.17, 15) is 19.8 Å². The Balaban J connectivity index is 2.23. The molecule has 0 aliphatic heterocycles. The molecule has 0 aromatic carbocycles. The summed E-state index contributed by atoms with van der Waals surface area (Å²) in [6.07, 6.45) is 3.09. The first-order valence-corrected chi connectivity index (χ1v) is 9.96. The summed E-state index contributed by atoms with van der Waals surface area (Å²) in [4.78, 5) is 24.6. The Morgan fingerprint density at radius 3 is 2.52 bits per heavy atom. The topological polar surface area (TPSA) is 83.8 Å². The molecule has 2 fully saturated rings. The molecule has 0 aromatic rings. The Hall–Kier alpha value is -1.62. The van der Waals surface area contributed by atoms with Gasteiger partial charge in [-0.3, -0.25) is 9.59 Å². The van der Waals surface area contributed by atoms with Crippen LogP contribution in [0.4, 0.5) is 0 Å². The lowest BCUT2D eigenvalue weighted by Gasteiger charge is -2.56. The number of ketones is 1. The zero-order chi connectivity index (χ0) is 20.1. The highest BCUT2D eigenvalue weighted by molar-refractivity contribution is 5.97. The second-order valence-corrected chi connectivity index (χ2v) is 9.39. The molecular formula is C22H32O5. The molecule has 3 rings (SSSR count). The van der Waals surface area contributed by atoms with Crippen LogP contribution >= 0.6 is 0 Å². The molecule has 5 heteroatoms. The lowest BCUT2D eigenvalue weighted by molar-refractivity contribution is -0.166. The molecule has 3 aliphatic carbocycles. The average Bonchev–Trinajstić information content (AvgIpc) is 2.58. The lowest BCUT2D eigenvalue weighted by Crippen LogP contribution is -2.57. The van der Waals surface area contributed by atoms with E-state index in [0.29, 0.717) is 19.3 Å². The van der Waals surface area contributed by atoms with Crippen molar-refractivity contribution in [3.8, 4) is 0 Å². The number of hydrogen-bond donors (Lipinski definition) is 2. The number of hydrogen-bond acceptors (Lipinski definition) is 5. The molecule has 0 radical (unpaired) electrons. The van der Waals surface area contributed by atoms with Crippen molar-refractivity contribution in [3.63, 3.8) is 0 Å². The number of aliphatic hydroxyl groups is 2. The molecule has 5 atom stereocenters. The Kier molecular flexibility index (Phi) is 5.04. The minimum absolute atomic E-state index is 0.0592. The number of fused-ring (bicyclic) bond motifs is 3. The fourth-order valence-electron chi connectivity index (χ4n) is 6.00. The maximum Gasteiger partial charge on any atom is 0.302 e. The molecule has 0 unspecified atom stereocenters. The summed E-state index contributed by atoms with van der Waals surface area (Å²) in [5, 5.41) is 21.4. The summed E-state index contributed by atoms with van der Waals surface area (Å²) in [6, 6.07) is 0. The highest BCUT2D eigenvalue weighted by Crippen LogP contribution is 2.59. The van der Waals surface area contributed by atoms with Crippen LogP contribution in [0.3, 0.4) is 0 Å². The second-order valence-electron chi connectivity index (χ2n) is 9.39. The number of allylic oxidation sites excluding steroid dienone is 1.